The zero-order valence-corrected chi connectivity index (χ0v) is 14.7. The maximum Gasteiger partial charge on any atom is 0.312 e. The second-order valence-corrected chi connectivity index (χ2v) is 6.89. The Balaban J connectivity index is 1.47. The fraction of sp³-hybridized carbons (Fsp3) is 0.438. The Morgan fingerprint density at radius 3 is 2.96 bits per heavy atom. The summed E-state index contributed by atoms with van der Waals surface area (Å²) >= 11 is 3.37. The van der Waals surface area contributed by atoms with Crippen LogP contribution < -0.4 is 10.6 Å². The molecule has 128 valence electrons. The average molecular weight is 395 g/mol. The van der Waals surface area contributed by atoms with Crippen molar-refractivity contribution in [3.8, 4) is 0 Å². The van der Waals surface area contributed by atoms with Crippen LogP contribution >= 0.6 is 15.9 Å². The molecule has 24 heavy (non-hydrogen) atoms. The monoisotopic (exact) mass is 394 g/mol. The lowest BCUT2D eigenvalue weighted by atomic mass is 10.1. The number of amides is 3. The molecule has 0 bridgehead atoms. The summed E-state index contributed by atoms with van der Waals surface area (Å²) in [4.78, 5) is 39.0. The Kier molecular flexibility index (Phi) is 5.15. The second kappa shape index (κ2) is 7.31. The molecule has 0 spiro atoms. The number of nitrogens with one attached hydrogen (secondary N) is 2. The summed E-state index contributed by atoms with van der Waals surface area (Å²) in [5.41, 5.74) is 0.764. The lowest BCUT2D eigenvalue weighted by molar-refractivity contribution is -0.152. The molecule has 3 amide bonds. The molecule has 0 unspecified atom stereocenters. The molecule has 0 aromatic heterocycles. The summed E-state index contributed by atoms with van der Waals surface area (Å²) in [7, 11) is 0. The van der Waals surface area contributed by atoms with Gasteiger partial charge >= 0.3 is 11.8 Å². The molecule has 8 heteroatoms. The van der Waals surface area contributed by atoms with Crippen molar-refractivity contribution in [1.29, 1.82) is 0 Å². The number of nitrogens with zero attached hydrogens (tertiary/aromatic N) is 2. The highest BCUT2D eigenvalue weighted by molar-refractivity contribution is 9.10. The zero-order chi connectivity index (χ0) is 17.1. The molecule has 2 heterocycles. The number of carbonyl (C=O) groups excluding carboxylic acids is 3. The Morgan fingerprint density at radius 2 is 2.17 bits per heavy atom. The van der Waals surface area contributed by atoms with Crippen LogP contribution in [0.2, 0.25) is 0 Å². The summed E-state index contributed by atoms with van der Waals surface area (Å²) in [6.07, 6.45) is 0.388. The van der Waals surface area contributed by atoms with Gasteiger partial charge in [-0.2, -0.15) is 0 Å². The molecule has 0 radical (unpaired) electrons. The third kappa shape index (κ3) is 3.93. The predicted octanol–water partition coefficient (Wildman–Crippen LogP) is 0.420. The van der Waals surface area contributed by atoms with Crippen molar-refractivity contribution in [2.24, 2.45) is 0 Å². The summed E-state index contributed by atoms with van der Waals surface area (Å²) in [6, 6.07) is 7.47. The minimum atomic E-state index is -0.520. The van der Waals surface area contributed by atoms with Gasteiger partial charge < -0.3 is 15.5 Å². The average Bonchev–Trinajstić information content (AvgIpc) is 2.56. The number of piperazine rings is 2. The quantitative estimate of drug-likeness (QED) is 0.725. The molecule has 0 aliphatic carbocycles. The number of hydrogen-bond donors (Lipinski definition) is 2. The van der Waals surface area contributed by atoms with Crippen LogP contribution in [-0.2, 0) is 14.4 Å². The van der Waals surface area contributed by atoms with Crippen molar-refractivity contribution < 1.29 is 14.4 Å². The molecular weight excluding hydrogens is 376 g/mol. The smallest absolute Gasteiger partial charge is 0.312 e. The van der Waals surface area contributed by atoms with E-state index in [0.29, 0.717) is 39.1 Å². The maximum absolute atomic E-state index is 12.1. The minimum Gasteiger partial charge on any atom is -0.346 e. The third-order valence-corrected chi connectivity index (χ3v) is 4.78. The number of fused-ring (bicyclic) bond motifs is 1. The fourth-order valence-electron chi connectivity index (χ4n) is 3.03. The Labute approximate surface area is 148 Å². The molecule has 1 aromatic carbocycles. The van der Waals surface area contributed by atoms with Crippen molar-refractivity contribution in [3.63, 3.8) is 0 Å². The molecule has 2 aliphatic heterocycles. The molecule has 0 saturated carbocycles. The van der Waals surface area contributed by atoms with Crippen molar-refractivity contribution in [3.05, 3.63) is 28.7 Å². The molecule has 2 fully saturated rings. The second-order valence-electron chi connectivity index (χ2n) is 5.97. The highest BCUT2D eigenvalue weighted by Crippen LogP contribution is 2.16. The Morgan fingerprint density at radius 1 is 1.33 bits per heavy atom. The molecule has 2 aliphatic rings. The van der Waals surface area contributed by atoms with E-state index < -0.39 is 11.8 Å². The van der Waals surface area contributed by atoms with Crippen LogP contribution in [0.1, 0.15) is 6.42 Å². The van der Waals surface area contributed by atoms with Gasteiger partial charge in [-0.05, 0) is 18.2 Å². The van der Waals surface area contributed by atoms with Gasteiger partial charge in [0.25, 0.3) is 0 Å². The van der Waals surface area contributed by atoms with E-state index in [1.807, 2.05) is 24.3 Å². The van der Waals surface area contributed by atoms with Crippen LogP contribution in [0.15, 0.2) is 28.7 Å². The van der Waals surface area contributed by atoms with Crippen molar-refractivity contribution in [2.75, 3.05) is 38.0 Å². The van der Waals surface area contributed by atoms with E-state index in [2.05, 4.69) is 31.5 Å². The topological polar surface area (TPSA) is 81.8 Å². The lowest BCUT2D eigenvalue weighted by Crippen LogP contribution is -2.65. The van der Waals surface area contributed by atoms with Gasteiger partial charge in [0.05, 0.1) is 6.04 Å². The number of anilines is 1. The number of rotatable bonds is 4. The van der Waals surface area contributed by atoms with Gasteiger partial charge in [0.15, 0.2) is 0 Å². The summed E-state index contributed by atoms with van der Waals surface area (Å²) in [5.74, 6) is -1.00. The molecule has 2 N–H and O–H groups in total. The van der Waals surface area contributed by atoms with Gasteiger partial charge in [0, 0.05) is 49.3 Å². The highest BCUT2D eigenvalue weighted by Gasteiger charge is 2.37. The highest BCUT2D eigenvalue weighted by atomic mass is 79.9. The van der Waals surface area contributed by atoms with E-state index in [9.17, 15) is 14.4 Å². The minimum absolute atomic E-state index is 0.00269. The first-order valence-electron chi connectivity index (χ1n) is 7.89. The van der Waals surface area contributed by atoms with Gasteiger partial charge in [0.2, 0.25) is 5.91 Å². The number of carbonyl (C=O) groups is 3. The largest absolute Gasteiger partial charge is 0.346 e. The van der Waals surface area contributed by atoms with Gasteiger partial charge in [-0.1, -0.05) is 22.0 Å². The van der Waals surface area contributed by atoms with Crippen LogP contribution in [-0.4, -0.2) is 66.3 Å². The summed E-state index contributed by atoms with van der Waals surface area (Å²) in [6.45, 7) is 3.00. The van der Waals surface area contributed by atoms with Crippen LogP contribution in [0, 0.1) is 0 Å². The van der Waals surface area contributed by atoms with E-state index in [1.54, 1.807) is 4.90 Å². The van der Waals surface area contributed by atoms with E-state index in [-0.39, 0.29) is 11.9 Å². The van der Waals surface area contributed by atoms with Crippen molar-refractivity contribution >= 4 is 39.3 Å². The van der Waals surface area contributed by atoms with Crippen LogP contribution in [0.5, 0.6) is 0 Å². The van der Waals surface area contributed by atoms with E-state index in [1.165, 1.54) is 0 Å². The third-order valence-electron chi connectivity index (χ3n) is 4.28. The van der Waals surface area contributed by atoms with E-state index in [4.69, 9.17) is 0 Å². The van der Waals surface area contributed by atoms with Crippen molar-refractivity contribution in [2.45, 2.75) is 12.5 Å². The van der Waals surface area contributed by atoms with Crippen molar-refractivity contribution in [1.82, 2.24) is 15.1 Å². The Bertz CT molecular complexity index is 666. The van der Waals surface area contributed by atoms with E-state index >= 15 is 0 Å². The molecule has 7 nitrogen and oxygen atoms in total. The first-order chi connectivity index (χ1) is 11.5. The summed E-state index contributed by atoms with van der Waals surface area (Å²) in [5, 5.41) is 5.49. The fourth-order valence-corrected chi connectivity index (χ4v) is 3.43. The number of halogens is 1. The molecule has 3 rings (SSSR count). The lowest BCUT2D eigenvalue weighted by Gasteiger charge is -2.43. The number of benzene rings is 1. The van der Waals surface area contributed by atoms with Crippen LogP contribution in [0.4, 0.5) is 5.69 Å². The molecular formula is C16H19BrN4O3. The van der Waals surface area contributed by atoms with Gasteiger partial charge in [-0.25, -0.2) is 0 Å². The Hall–Kier alpha value is -1.93. The predicted molar refractivity (Wildman–Crippen MR) is 92.3 cm³/mol. The standard InChI is InChI=1S/C16H19BrN4O3/c17-11-2-1-3-12(8-11)19-14(22)4-5-20-6-7-21-13(10-20)9-18-15(23)16(21)24/h1-3,8,13H,4-7,9-10H2,(H,18,23)(H,19,22)/t13-/m1/s1. The molecule has 1 aromatic rings. The molecule has 2 saturated heterocycles. The van der Waals surface area contributed by atoms with Gasteiger partial charge in [0.1, 0.15) is 0 Å². The van der Waals surface area contributed by atoms with Gasteiger partial charge in [-0.3, -0.25) is 19.3 Å². The zero-order valence-electron chi connectivity index (χ0n) is 13.1. The van der Waals surface area contributed by atoms with Crippen LogP contribution in [0.3, 0.4) is 0 Å². The molecule has 1 atom stereocenters. The maximum atomic E-state index is 12.1. The van der Waals surface area contributed by atoms with Crippen LogP contribution in [0.25, 0.3) is 0 Å². The summed E-state index contributed by atoms with van der Waals surface area (Å²) < 4.78 is 0.917. The van der Waals surface area contributed by atoms with E-state index in [0.717, 1.165) is 10.2 Å². The normalized spacial score (nSPS) is 21.2. The SMILES string of the molecule is O=C(CCN1CCN2C(=O)C(=O)NC[C@@H]2C1)Nc1cccc(Br)c1. The first-order valence-corrected chi connectivity index (χ1v) is 8.69. The first kappa shape index (κ1) is 16.9. The number of hydrogen-bond acceptors (Lipinski definition) is 4. The van der Waals surface area contributed by atoms with Gasteiger partial charge in [-0.15, -0.1) is 0 Å².